The van der Waals surface area contributed by atoms with E-state index in [0.29, 0.717) is 3.97 Å². The van der Waals surface area contributed by atoms with Gasteiger partial charge in [0.25, 0.3) is 10.1 Å². The van der Waals surface area contributed by atoms with Crippen LogP contribution in [-0.4, -0.2) is 46.6 Å². The molecule has 206 valence electrons. The molecule has 0 spiro atoms. The minimum absolute atomic E-state index is 0.0340. The molecular formula is C26H26N2O9S2. The lowest BCUT2D eigenvalue weighted by Gasteiger charge is -2.10. The summed E-state index contributed by atoms with van der Waals surface area (Å²) in [6.45, 7) is 3.11. The number of ether oxygens (including phenoxy) is 2. The van der Waals surface area contributed by atoms with Crippen LogP contribution in [0.1, 0.15) is 16.7 Å². The van der Waals surface area contributed by atoms with Gasteiger partial charge in [0, 0.05) is 11.8 Å². The van der Waals surface area contributed by atoms with E-state index in [2.05, 4.69) is 0 Å². The molecule has 0 radical (unpaired) electrons. The molecule has 0 unspecified atom stereocenters. The molecule has 1 aromatic heterocycles. The van der Waals surface area contributed by atoms with Crippen molar-refractivity contribution in [3.05, 3.63) is 87.5 Å². The number of rotatable bonds is 10. The molecule has 0 fully saturated rings. The minimum atomic E-state index is -4.51. The smallest absolute Gasteiger partial charge is 0.343 e. The number of nitro groups is 1. The second kappa shape index (κ2) is 10.7. The molecule has 4 rings (SSSR count). The first-order chi connectivity index (χ1) is 18.4. The Balaban J connectivity index is 1.90. The Hall–Kier alpha value is -3.94. The summed E-state index contributed by atoms with van der Waals surface area (Å²) in [7, 11) is -6.04. The van der Waals surface area contributed by atoms with E-state index in [9.17, 15) is 26.9 Å². The van der Waals surface area contributed by atoms with E-state index in [4.69, 9.17) is 13.7 Å². The average Bonchev–Trinajstić information content (AvgIpc) is 3.24. The highest BCUT2D eigenvalue weighted by molar-refractivity contribution is 7.90. The molecule has 4 aromatic rings. The molecular weight excluding hydrogens is 548 g/mol. The summed E-state index contributed by atoms with van der Waals surface area (Å²) >= 11 is 0. The first-order valence-electron chi connectivity index (χ1n) is 11.6. The molecule has 0 N–H and O–H groups in total. The third-order valence-electron chi connectivity index (χ3n) is 6.14. The lowest BCUT2D eigenvalue weighted by Crippen LogP contribution is -2.16. The SMILES string of the molecule is COc1ccc2c(CCOS(=O)(=O)c3ccc(C)cc3)c([N+](=O)[O-])n(S(=O)(=O)c3ccc(C)cc3)c2c1OC. The zero-order valence-corrected chi connectivity index (χ0v) is 23.2. The summed E-state index contributed by atoms with van der Waals surface area (Å²) in [6, 6.07) is 14.8. The Morgan fingerprint density at radius 3 is 1.90 bits per heavy atom. The number of nitrogens with zero attached hydrogens (tertiary/aromatic N) is 2. The Kier molecular flexibility index (Phi) is 7.68. The molecule has 13 heteroatoms. The first kappa shape index (κ1) is 28.1. The summed E-state index contributed by atoms with van der Waals surface area (Å²) in [5, 5.41) is 12.6. The molecule has 39 heavy (non-hydrogen) atoms. The molecule has 3 aromatic carbocycles. The number of fused-ring (bicyclic) bond motifs is 1. The standard InChI is InChI=1S/C26H26N2O9S2/c1-17-5-9-19(10-6-17)38(31,32)27-24-21(13-14-23(35-3)25(24)36-4)22(26(27)28(29)30)15-16-37-39(33,34)20-11-7-18(2)8-12-20/h5-14H,15-16H2,1-4H3. The fraction of sp³-hybridized carbons (Fsp3) is 0.231. The van der Waals surface area contributed by atoms with Crippen LogP contribution in [0.2, 0.25) is 0 Å². The zero-order chi connectivity index (χ0) is 28.5. The van der Waals surface area contributed by atoms with E-state index >= 15 is 0 Å². The van der Waals surface area contributed by atoms with E-state index in [1.807, 2.05) is 0 Å². The highest BCUT2D eigenvalue weighted by Crippen LogP contribution is 2.44. The van der Waals surface area contributed by atoms with Crippen LogP contribution in [0, 0.1) is 24.0 Å². The molecule has 0 atom stereocenters. The van der Waals surface area contributed by atoms with Gasteiger partial charge >= 0.3 is 15.8 Å². The highest BCUT2D eigenvalue weighted by atomic mass is 32.2. The van der Waals surface area contributed by atoms with Crippen molar-refractivity contribution in [3.8, 4) is 11.5 Å². The van der Waals surface area contributed by atoms with Gasteiger partial charge in [0.2, 0.25) is 5.75 Å². The van der Waals surface area contributed by atoms with Crippen LogP contribution < -0.4 is 9.47 Å². The largest absolute Gasteiger partial charge is 0.493 e. The quantitative estimate of drug-likeness (QED) is 0.153. The monoisotopic (exact) mass is 574 g/mol. The van der Waals surface area contributed by atoms with Crippen LogP contribution in [0.15, 0.2) is 70.5 Å². The molecule has 0 aliphatic carbocycles. The van der Waals surface area contributed by atoms with Crippen LogP contribution in [0.3, 0.4) is 0 Å². The van der Waals surface area contributed by atoms with Crippen molar-refractivity contribution in [2.75, 3.05) is 20.8 Å². The topological polar surface area (TPSA) is 144 Å². The van der Waals surface area contributed by atoms with Crippen LogP contribution in [0.4, 0.5) is 5.82 Å². The number of hydrogen-bond acceptors (Lipinski definition) is 9. The molecule has 0 bridgehead atoms. The Morgan fingerprint density at radius 1 is 0.821 bits per heavy atom. The molecule has 11 nitrogen and oxygen atoms in total. The van der Waals surface area contributed by atoms with E-state index in [1.54, 1.807) is 38.1 Å². The predicted octanol–water partition coefficient (Wildman–Crippen LogP) is 4.37. The third-order valence-corrected chi connectivity index (χ3v) is 9.17. The van der Waals surface area contributed by atoms with E-state index in [1.165, 1.54) is 50.6 Å². The summed E-state index contributed by atoms with van der Waals surface area (Å²) in [5.41, 5.74) is 1.51. The van der Waals surface area contributed by atoms with Gasteiger partial charge in [-0.15, -0.1) is 3.97 Å². The number of hydrogen-bond donors (Lipinski definition) is 0. The van der Waals surface area contributed by atoms with E-state index < -0.39 is 37.5 Å². The second-order valence-electron chi connectivity index (χ2n) is 8.68. The van der Waals surface area contributed by atoms with Crippen molar-refractivity contribution in [3.63, 3.8) is 0 Å². The van der Waals surface area contributed by atoms with Gasteiger partial charge in [-0.05, 0) is 55.2 Å². The normalized spacial score (nSPS) is 12.0. The highest BCUT2D eigenvalue weighted by Gasteiger charge is 2.38. The predicted molar refractivity (Wildman–Crippen MR) is 143 cm³/mol. The van der Waals surface area contributed by atoms with Crippen molar-refractivity contribution >= 4 is 36.9 Å². The maximum Gasteiger partial charge on any atom is 0.343 e. The molecule has 0 saturated carbocycles. The molecule has 0 aliphatic rings. The van der Waals surface area contributed by atoms with Gasteiger partial charge in [-0.2, -0.15) is 16.8 Å². The van der Waals surface area contributed by atoms with Gasteiger partial charge in [-0.25, -0.2) is 0 Å². The fourth-order valence-corrected chi connectivity index (χ4v) is 6.64. The average molecular weight is 575 g/mol. The number of aryl methyl sites for hydroxylation is 2. The fourth-order valence-electron chi connectivity index (χ4n) is 4.21. The lowest BCUT2D eigenvalue weighted by molar-refractivity contribution is -0.390. The molecule has 0 aliphatic heterocycles. The van der Waals surface area contributed by atoms with Crippen LogP contribution in [0.25, 0.3) is 10.9 Å². The van der Waals surface area contributed by atoms with Gasteiger partial charge < -0.3 is 19.6 Å². The summed E-state index contributed by atoms with van der Waals surface area (Å²) in [5.74, 6) is -0.635. The molecule has 1 heterocycles. The number of methoxy groups -OCH3 is 2. The first-order valence-corrected chi connectivity index (χ1v) is 14.5. The van der Waals surface area contributed by atoms with Gasteiger partial charge in [-0.1, -0.05) is 35.4 Å². The molecule has 0 amide bonds. The van der Waals surface area contributed by atoms with Crippen molar-refractivity contribution < 1.29 is 35.4 Å². The van der Waals surface area contributed by atoms with E-state index in [0.717, 1.165) is 11.1 Å². The maximum atomic E-state index is 13.8. The maximum absolute atomic E-state index is 13.8. The van der Waals surface area contributed by atoms with Crippen LogP contribution in [0.5, 0.6) is 11.5 Å². The Bertz CT molecular complexity index is 1760. The zero-order valence-electron chi connectivity index (χ0n) is 21.6. The third kappa shape index (κ3) is 5.20. The molecule has 0 saturated heterocycles. The Morgan fingerprint density at radius 2 is 1.38 bits per heavy atom. The Labute approximate surface area is 225 Å². The number of benzene rings is 3. The van der Waals surface area contributed by atoms with Crippen molar-refractivity contribution in [2.45, 2.75) is 30.1 Å². The van der Waals surface area contributed by atoms with Crippen LogP contribution >= 0.6 is 0 Å². The van der Waals surface area contributed by atoms with Crippen molar-refractivity contribution in [1.82, 2.24) is 3.97 Å². The van der Waals surface area contributed by atoms with Gasteiger partial charge in [0.15, 0.2) is 11.3 Å². The van der Waals surface area contributed by atoms with Gasteiger partial charge in [-0.3, -0.25) is 4.18 Å². The van der Waals surface area contributed by atoms with Gasteiger partial charge in [0.1, 0.15) is 4.90 Å². The lowest BCUT2D eigenvalue weighted by atomic mass is 10.1. The van der Waals surface area contributed by atoms with Crippen LogP contribution in [-0.2, 0) is 30.7 Å². The summed E-state index contributed by atoms with van der Waals surface area (Å²) in [4.78, 5) is 11.3. The second-order valence-corrected chi connectivity index (χ2v) is 12.1. The van der Waals surface area contributed by atoms with Gasteiger partial charge in [0.05, 0.1) is 31.3 Å². The minimum Gasteiger partial charge on any atom is -0.493 e. The van der Waals surface area contributed by atoms with Crippen molar-refractivity contribution in [1.29, 1.82) is 0 Å². The van der Waals surface area contributed by atoms with E-state index in [-0.39, 0.29) is 44.2 Å². The summed E-state index contributed by atoms with van der Waals surface area (Å²) < 4.78 is 69.6. The van der Waals surface area contributed by atoms with Crippen molar-refractivity contribution in [2.24, 2.45) is 0 Å². The summed E-state index contributed by atoms with van der Waals surface area (Å²) in [6.07, 6.45) is -0.288. The number of aromatic nitrogens is 1.